The number of carbonyl (C=O) groups is 4. The minimum atomic E-state index is -1.37. The third kappa shape index (κ3) is 9.41. The number of methoxy groups -OCH3 is 1. The Morgan fingerprint density at radius 1 is 0.971 bits per heavy atom. The predicted molar refractivity (Wildman–Crippen MR) is 129 cm³/mol. The minimum absolute atomic E-state index is 0.164. The van der Waals surface area contributed by atoms with E-state index in [0.717, 1.165) is 5.56 Å². The largest absolute Gasteiger partial charge is 0.467 e. The van der Waals surface area contributed by atoms with Crippen LogP contribution in [0.5, 0.6) is 0 Å². The molecule has 0 unspecified atom stereocenters. The van der Waals surface area contributed by atoms with Gasteiger partial charge in [-0.3, -0.25) is 9.59 Å². The predicted octanol–water partition coefficient (Wildman–Crippen LogP) is 2.72. The van der Waals surface area contributed by atoms with Crippen LogP contribution < -0.4 is 16.0 Å². The molecule has 9 heteroatoms. The lowest BCUT2D eigenvalue weighted by molar-refractivity contribution is -0.147. The smallest absolute Gasteiger partial charge is 0.408 e. The Bertz CT molecular complexity index is 848. The van der Waals surface area contributed by atoms with Gasteiger partial charge in [-0.05, 0) is 46.1 Å². The van der Waals surface area contributed by atoms with Gasteiger partial charge in [0.05, 0.1) is 7.11 Å². The van der Waals surface area contributed by atoms with E-state index in [9.17, 15) is 19.2 Å². The number of esters is 1. The van der Waals surface area contributed by atoms with Crippen LogP contribution in [0.4, 0.5) is 4.79 Å². The van der Waals surface area contributed by atoms with Crippen LogP contribution >= 0.6 is 0 Å². The van der Waals surface area contributed by atoms with Crippen molar-refractivity contribution in [3.63, 3.8) is 0 Å². The van der Waals surface area contributed by atoms with Crippen molar-refractivity contribution >= 4 is 23.9 Å². The summed E-state index contributed by atoms with van der Waals surface area (Å²) >= 11 is 0. The highest BCUT2D eigenvalue weighted by atomic mass is 16.6. The van der Waals surface area contributed by atoms with Crippen LogP contribution in [0.3, 0.4) is 0 Å². The molecule has 0 heterocycles. The molecule has 0 aliphatic carbocycles. The van der Waals surface area contributed by atoms with Gasteiger partial charge in [0.25, 0.3) is 0 Å². The van der Waals surface area contributed by atoms with Crippen molar-refractivity contribution in [3.05, 3.63) is 35.9 Å². The van der Waals surface area contributed by atoms with Crippen LogP contribution in [0, 0.1) is 5.92 Å². The molecule has 0 spiro atoms. The van der Waals surface area contributed by atoms with Crippen molar-refractivity contribution < 1.29 is 28.7 Å². The molecule has 9 nitrogen and oxygen atoms in total. The molecule has 1 aromatic carbocycles. The fraction of sp³-hybridized carbons (Fsp3) is 0.600. The maximum absolute atomic E-state index is 13.2. The Kier molecular flexibility index (Phi) is 10.5. The third-order valence-electron chi connectivity index (χ3n) is 5.25. The molecule has 1 aromatic rings. The van der Waals surface area contributed by atoms with E-state index < -0.39 is 47.1 Å². The average Bonchev–Trinajstić information content (AvgIpc) is 2.74. The zero-order valence-electron chi connectivity index (χ0n) is 21.5. The highest BCUT2D eigenvalue weighted by Crippen LogP contribution is 2.13. The van der Waals surface area contributed by atoms with Crippen LogP contribution in [0.1, 0.15) is 60.5 Å². The van der Waals surface area contributed by atoms with Crippen molar-refractivity contribution in [1.29, 1.82) is 0 Å². The van der Waals surface area contributed by atoms with E-state index in [1.165, 1.54) is 21.0 Å². The van der Waals surface area contributed by atoms with Gasteiger partial charge in [-0.25, -0.2) is 9.59 Å². The maximum atomic E-state index is 13.2. The summed E-state index contributed by atoms with van der Waals surface area (Å²) in [5, 5.41) is 7.97. The van der Waals surface area contributed by atoms with Gasteiger partial charge in [-0.1, -0.05) is 50.6 Å². The first-order valence-electron chi connectivity index (χ1n) is 11.4. The Labute approximate surface area is 202 Å². The number of benzene rings is 1. The van der Waals surface area contributed by atoms with Gasteiger partial charge < -0.3 is 25.4 Å². The molecular formula is C25H39N3O6. The number of hydrogen-bond donors (Lipinski definition) is 3. The molecule has 0 aliphatic heterocycles. The van der Waals surface area contributed by atoms with Crippen LogP contribution in [0.25, 0.3) is 0 Å². The minimum Gasteiger partial charge on any atom is -0.467 e. The van der Waals surface area contributed by atoms with Gasteiger partial charge in [-0.2, -0.15) is 0 Å². The lowest BCUT2D eigenvalue weighted by Gasteiger charge is -2.31. The monoisotopic (exact) mass is 477 g/mol. The first kappa shape index (κ1) is 28.9. The van der Waals surface area contributed by atoms with Crippen molar-refractivity contribution in [2.75, 3.05) is 7.11 Å². The van der Waals surface area contributed by atoms with Crippen molar-refractivity contribution in [1.82, 2.24) is 16.0 Å². The summed E-state index contributed by atoms with van der Waals surface area (Å²) in [6, 6.07) is 7.34. The molecule has 190 valence electrons. The van der Waals surface area contributed by atoms with Gasteiger partial charge in [0.2, 0.25) is 11.8 Å². The van der Waals surface area contributed by atoms with Crippen LogP contribution in [0.2, 0.25) is 0 Å². The van der Waals surface area contributed by atoms with Crippen molar-refractivity contribution in [2.45, 2.75) is 84.5 Å². The second-order valence-electron chi connectivity index (χ2n) is 9.86. The number of ether oxygens (including phenoxy) is 2. The molecule has 1 rings (SSSR count). The number of hydrogen-bond acceptors (Lipinski definition) is 6. The number of amides is 3. The van der Waals surface area contributed by atoms with Crippen molar-refractivity contribution in [3.8, 4) is 0 Å². The lowest BCUT2D eigenvalue weighted by Crippen LogP contribution is -2.62. The van der Waals surface area contributed by atoms with Gasteiger partial charge in [0.15, 0.2) is 0 Å². The molecule has 0 bridgehead atoms. The van der Waals surface area contributed by atoms with E-state index in [-0.39, 0.29) is 12.3 Å². The van der Waals surface area contributed by atoms with Gasteiger partial charge in [-0.15, -0.1) is 0 Å². The molecule has 0 aliphatic rings. The summed E-state index contributed by atoms with van der Waals surface area (Å²) in [7, 11) is 1.26. The van der Waals surface area contributed by atoms with Crippen LogP contribution in [-0.4, -0.2) is 54.2 Å². The number of rotatable bonds is 10. The molecule has 3 atom stereocenters. The van der Waals surface area contributed by atoms with E-state index in [1.807, 2.05) is 44.2 Å². The van der Waals surface area contributed by atoms with E-state index in [1.54, 1.807) is 20.8 Å². The van der Waals surface area contributed by atoms with E-state index in [4.69, 9.17) is 9.47 Å². The van der Waals surface area contributed by atoms with Gasteiger partial charge in [0, 0.05) is 6.42 Å². The van der Waals surface area contributed by atoms with E-state index >= 15 is 0 Å². The Hall–Kier alpha value is -3.10. The summed E-state index contributed by atoms with van der Waals surface area (Å²) in [4.78, 5) is 50.7. The highest BCUT2D eigenvalue weighted by molar-refractivity contribution is 5.95. The first-order chi connectivity index (χ1) is 15.7. The first-order valence-corrected chi connectivity index (χ1v) is 11.4. The zero-order valence-corrected chi connectivity index (χ0v) is 21.5. The Morgan fingerprint density at radius 3 is 2.06 bits per heavy atom. The number of alkyl carbamates (subject to hydrolysis) is 1. The normalized spacial score (nSPS) is 14.2. The molecule has 3 amide bonds. The summed E-state index contributed by atoms with van der Waals surface area (Å²) in [6.45, 7) is 11.9. The van der Waals surface area contributed by atoms with Crippen molar-refractivity contribution in [2.24, 2.45) is 5.92 Å². The van der Waals surface area contributed by atoms with E-state index in [2.05, 4.69) is 16.0 Å². The van der Waals surface area contributed by atoms with E-state index in [0.29, 0.717) is 6.42 Å². The Morgan fingerprint density at radius 2 is 1.56 bits per heavy atom. The molecule has 0 saturated carbocycles. The SMILES string of the molecule is CC[C@H](C)[C@H](NC(=O)C(C)(C)NC(=O)[C@H](Cc1ccccc1)NC(=O)OC(C)(C)C)C(=O)OC. The summed E-state index contributed by atoms with van der Waals surface area (Å²) in [5.41, 5.74) is -1.29. The lowest BCUT2D eigenvalue weighted by atomic mass is 9.96. The highest BCUT2D eigenvalue weighted by Gasteiger charge is 2.37. The molecule has 34 heavy (non-hydrogen) atoms. The number of carbonyl (C=O) groups excluding carboxylic acids is 4. The molecule has 3 N–H and O–H groups in total. The quantitative estimate of drug-likeness (QED) is 0.445. The Balaban J connectivity index is 3.03. The summed E-state index contributed by atoms with van der Waals surface area (Å²) in [5.74, 6) is -1.83. The second kappa shape index (κ2) is 12.4. The molecule has 0 aromatic heterocycles. The zero-order chi connectivity index (χ0) is 26.1. The summed E-state index contributed by atoms with van der Waals surface area (Å²) < 4.78 is 10.1. The molecule has 0 fully saturated rings. The fourth-order valence-electron chi connectivity index (χ4n) is 3.08. The number of nitrogens with one attached hydrogen (secondary N) is 3. The molecule has 0 radical (unpaired) electrons. The van der Waals surface area contributed by atoms with Crippen LogP contribution in [-0.2, 0) is 30.3 Å². The summed E-state index contributed by atoms with van der Waals surface area (Å²) in [6.07, 6.45) is 0.0981. The topological polar surface area (TPSA) is 123 Å². The molecule has 0 saturated heterocycles. The van der Waals surface area contributed by atoms with Crippen LogP contribution in [0.15, 0.2) is 30.3 Å². The molecular weight excluding hydrogens is 438 g/mol. The standard InChI is InChI=1S/C25H39N3O6/c1-9-16(2)19(21(30)33-8)27-22(31)25(6,7)28-20(29)18(15-17-13-11-10-12-14-17)26-23(32)34-24(3,4)5/h10-14,16,18-19H,9,15H2,1-8H3,(H,26,32)(H,27,31)(H,28,29)/t16-,18-,19-/m0/s1. The maximum Gasteiger partial charge on any atom is 0.408 e. The second-order valence-corrected chi connectivity index (χ2v) is 9.86. The third-order valence-corrected chi connectivity index (χ3v) is 5.25. The fourth-order valence-corrected chi connectivity index (χ4v) is 3.08. The van der Waals surface area contributed by atoms with Gasteiger partial charge in [0.1, 0.15) is 23.2 Å². The average molecular weight is 478 g/mol. The van der Waals surface area contributed by atoms with Gasteiger partial charge >= 0.3 is 12.1 Å².